The van der Waals surface area contributed by atoms with Gasteiger partial charge in [0.1, 0.15) is 0 Å². The second-order valence-corrected chi connectivity index (χ2v) is 15.3. The number of carbonyl (C=O) groups excluding carboxylic acids is 3. The van der Waals surface area contributed by atoms with Crippen molar-refractivity contribution in [1.82, 2.24) is 10.6 Å². The molecule has 1 saturated heterocycles. The summed E-state index contributed by atoms with van der Waals surface area (Å²) in [4.78, 5) is 39.8. The monoisotopic (exact) mass is 705 g/mol. The van der Waals surface area contributed by atoms with E-state index in [2.05, 4.69) is 10.6 Å². The molecule has 1 aliphatic carbocycles. The number of halogens is 1. The molecule has 264 valence electrons. The SMILES string of the molecule is CCOP(=O)(OCC)C(O)C(CC1CC(Cc2ccccc2)NC1=O)NC(=O)[C@@H](OC(N)=O)C(Cc1cccc(Cl)c1)C1CCCCC1. The zero-order valence-corrected chi connectivity index (χ0v) is 29.4. The lowest BCUT2D eigenvalue weighted by atomic mass is 9.74. The number of nitrogens with one attached hydrogen (secondary N) is 2. The highest BCUT2D eigenvalue weighted by molar-refractivity contribution is 7.54. The molecule has 3 amide bonds. The number of aliphatic hydroxyl groups is 1. The summed E-state index contributed by atoms with van der Waals surface area (Å²) < 4.78 is 30.3. The Morgan fingerprint density at radius 1 is 1.04 bits per heavy atom. The zero-order valence-electron chi connectivity index (χ0n) is 27.7. The molecule has 5 unspecified atom stereocenters. The molecule has 2 aromatic rings. The van der Waals surface area contributed by atoms with Crippen molar-refractivity contribution in [2.75, 3.05) is 13.2 Å². The minimum Gasteiger partial charge on any atom is -0.436 e. The minimum absolute atomic E-state index is 0.0190. The molecule has 0 spiro atoms. The molecule has 13 heteroatoms. The highest BCUT2D eigenvalue weighted by Gasteiger charge is 2.46. The summed E-state index contributed by atoms with van der Waals surface area (Å²) in [5.41, 5.74) is 7.46. The van der Waals surface area contributed by atoms with Crippen LogP contribution in [0.5, 0.6) is 0 Å². The molecular formula is C35H49ClN3O8P. The van der Waals surface area contributed by atoms with Gasteiger partial charge in [0.15, 0.2) is 11.9 Å². The van der Waals surface area contributed by atoms with Crippen LogP contribution in [0.15, 0.2) is 54.6 Å². The van der Waals surface area contributed by atoms with Gasteiger partial charge in [-0.2, -0.15) is 0 Å². The summed E-state index contributed by atoms with van der Waals surface area (Å²) in [6.07, 6.45) is 3.59. The molecule has 0 radical (unpaired) electrons. The lowest BCUT2D eigenvalue weighted by Crippen LogP contribution is -2.53. The van der Waals surface area contributed by atoms with E-state index in [9.17, 15) is 24.1 Å². The summed E-state index contributed by atoms with van der Waals surface area (Å²) >= 11 is 6.29. The Hall–Kier alpha value is -2.95. The molecule has 6 atom stereocenters. The quantitative estimate of drug-likeness (QED) is 0.151. The van der Waals surface area contributed by atoms with Gasteiger partial charge >= 0.3 is 13.7 Å². The molecular weight excluding hydrogens is 657 g/mol. The third-order valence-electron chi connectivity index (χ3n) is 9.29. The molecule has 0 bridgehead atoms. The van der Waals surface area contributed by atoms with E-state index in [1.165, 1.54) is 0 Å². The van der Waals surface area contributed by atoms with Crippen LogP contribution in [0.25, 0.3) is 0 Å². The summed E-state index contributed by atoms with van der Waals surface area (Å²) in [5.74, 6) is -3.81. The number of primary amides is 1. The van der Waals surface area contributed by atoms with Gasteiger partial charge in [-0.15, -0.1) is 0 Å². The van der Waals surface area contributed by atoms with Crippen LogP contribution in [0.2, 0.25) is 5.02 Å². The van der Waals surface area contributed by atoms with E-state index in [-0.39, 0.29) is 37.5 Å². The summed E-state index contributed by atoms with van der Waals surface area (Å²) in [7, 11) is -4.18. The molecule has 11 nitrogen and oxygen atoms in total. The van der Waals surface area contributed by atoms with E-state index in [4.69, 9.17) is 31.1 Å². The molecule has 2 fully saturated rings. The van der Waals surface area contributed by atoms with Crippen molar-refractivity contribution in [3.63, 3.8) is 0 Å². The number of carbonyl (C=O) groups is 3. The Morgan fingerprint density at radius 2 is 1.71 bits per heavy atom. The van der Waals surface area contributed by atoms with Crippen molar-refractivity contribution >= 4 is 37.1 Å². The molecule has 1 saturated carbocycles. The van der Waals surface area contributed by atoms with Gasteiger partial charge in [-0.3, -0.25) is 14.2 Å². The van der Waals surface area contributed by atoms with Gasteiger partial charge in [0, 0.05) is 22.9 Å². The van der Waals surface area contributed by atoms with Gasteiger partial charge in [-0.1, -0.05) is 86.2 Å². The van der Waals surface area contributed by atoms with Crippen molar-refractivity contribution in [3.05, 3.63) is 70.7 Å². The number of hydrogen-bond acceptors (Lipinski definition) is 8. The van der Waals surface area contributed by atoms with Crippen LogP contribution in [0, 0.1) is 17.8 Å². The Labute approximate surface area is 288 Å². The standard InChI is InChI=1S/C35H49ClN3O8P/c1-3-45-48(44,46-4-2)34(42)30(22-26-21-28(38-32(26)40)19-23-12-7-5-8-13-23)39-33(41)31(47-35(37)43)29(25-15-9-6-10-16-25)20-24-14-11-17-27(36)18-24/h5,7-8,11-14,17-18,25-26,28-31,34,42H,3-4,6,9-10,15-16,19-22H2,1-2H3,(H2,37,43)(H,38,40)(H,39,41)/t26?,28?,29?,30?,31-,34?/m0/s1. The first-order valence-corrected chi connectivity index (χ1v) is 18.9. The largest absolute Gasteiger partial charge is 0.436 e. The number of rotatable bonds is 17. The van der Waals surface area contributed by atoms with Gasteiger partial charge < -0.3 is 35.3 Å². The third kappa shape index (κ3) is 10.5. The fourth-order valence-electron chi connectivity index (χ4n) is 7.14. The maximum atomic E-state index is 14.3. The van der Waals surface area contributed by atoms with Crippen LogP contribution in [0.4, 0.5) is 4.79 Å². The average molecular weight is 706 g/mol. The Balaban J connectivity index is 1.63. The van der Waals surface area contributed by atoms with Crippen molar-refractivity contribution in [3.8, 4) is 0 Å². The number of nitrogens with two attached hydrogens (primary N) is 1. The van der Waals surface area contributed by atoms with Crippen molar-refractivity contribution < 1.29 is 37.8 Å². The zero-order chi connectivity index (χ0) is 34.7. The molecule has 1 aliphatic heterocycles. The highest BCUT2D eigenvalue weighted by Crippen LogP contribution is 2.54. The van der Waals surface area contributed by atoms with Crippen molar-refractivity contribution in [2.45, 2.75) is 95.7 Å². The number of amides is 3. The molecule has 48 heavy (non-hydrogen) atoms. The topological polar surface area (TPSA) is 166 Å². The lowest BCUT2D eigenvalue weighted by molar-refractivity contribution is -0.135. The van der Waals surface area contributed by atoms with Crippen LogP contribution in [0.3, 0.4) is 0 Å². The molecule has 2 aliphatic rings. The molecule has 0 aromatic heterocycles. The third-order valence-corrected chi connectivity index (χ3v) is 11.8. The molecule has 2 aromatic carbocycles. The van der Waals surface area contributed by atoms with Gasteiger partial charge in [-0.25, -0.2) is 4.79 Å². The fraction of sp³-hybridized carbons (Fsp3) is 0.571. The molecule has 1 heterocycles. The molecule has 5 N–H and O–H groups in total. The second-order valence-electron chi connectivity index (χ2n) is 12.7. The van der Waals surface area contributed by atoms with Crippen LogP contribution in [-0.4, -0.2) is 60.3 Å². The first kappa shape index (κ1) is 37.9. The maximum Gasteiger partial charge on any atom is 0.405 e. The Morgan fingerprint density at radius 3 is 2.33 bits per heavy atom. The van der Waals surface area contributed by atoms with Gasteiger partial charge in [0.25, 0.3) is 5.91 Å². The Bertz CT molecular complexity index is 1400. The summed E-state index contributed by atoms with van der Waals surface area (Å²) in [6.45, 7) is 3.20. The van der Waals surface area contributed by atoms with E-state index in [1.54, 1.807) is 19.9 Å². The first-order chi connectivity index (χ1) is 23.0. The normalized spacial score (nSPS) is 21.1. The molecule has 4 rings (SSSR count). The van der Waals surface area contributed by atoms with Crippen LogP contribution in [-0.2, 0) is 40.8 Å². The average Bonchev–Trinajstić information content (AvgIpc) is 3.40. The van der Waals surface area contributed by atoms with E-state index >= 15 is 0 Å². The Kier molecular flexibility index (Phi) is 14.3. The van der Waals surface area contributed by atoms with Crippen LogP contribution >= 0.6 is 19.2 Å². The fourth-order valence-corrected chi connectivity index (χ4v) is 9.09. The lowest BCUT2D eigenvalue weighted by Gasteiger charge is -2.36. The smallest absolute Gasteiger partial charge is 0.405 e. The van der Waals surface area contributed by atoms with E-state index < -0.39 is 49.4 Å². The van der Waals surface area contributed by atoms with Gasteiger partial charge in [0.05, 0.1) is 19.3 Å². The van der Waals surface area contributed by atoms with Crippen LogP contribution in [0.1, 0.15) is 69.9 Å². The number of hydrogen-bond donors (Lipinski definition) is 4. The van der Waals surface area contributed by atoms with Crippen molar-refractivity contribution in [1.29, 1.82) is 0 Å². The van der Waals surface area contributed by atoms with Gasteiger partial charge in [-0.05, 0) is 68.7 Å². The van der Waals surface area contributed by atoms with E-state index in [1.807, 2.05) is 48.5 Å². The first-order valence-electron chi connectivity index (χ1n) is 16.9. The highest BCUT2D eigenvalue weighted by atomic mass is 35.5. The van der Waals surface area contributed by atoms with E-state index in [0.717, 1.165) is 43.2 Å². The second kappa shape index (κ2) is 18.2. The van der Waals surface area contributed by atoms with Gasteiger partial charge in [0.2, 0.25) is 5.91 Å². The maximum absolute atomic E-state index is 14.3. The summed E-state index contributed by atoms with van der Waals surface area (Å²) in [6, 6.07) is 15.6. The predicted octanol–water partition coefficient (Wildman–Crippen LogP) is 5.75. The number of ether oxygens (including phenoxy) is 1. The summed E-state index contributed by atoms with van der Waals surface area (Å²) in [5, 5.41) is 18.0. The number of aliphatic hydroxyl groups excluding tert-OH is 1. The van der Waals surface area contributed by atoms with Crippen LogP contribution < -0.4 is 16.4 Å². The minimum atomic E-state index is -4.18. The van der Waals surface area contributed by atoms with E-state index in [0.29, 0.717) is 24.3 Å². The van der Waals surface area contributed by atoms with Crippen molar-refractivity contribution in [2.24, 2.45) is 23.5 Å². The number of benzene rings is 2. The predicted molar refractivity (Wildman–Crippen MR) is 183 cm³/mol.